The number of hydrogen-bond donors (Lipinski definition) is 3. The lowest BCUT2D eigenvalue weighted by Gasteiger charge is -2.22. The Bertz CT molecular complexity index is 673. The Kier molecular flexibility index (Phi) is 2.75. The summed E-state index contributed by atoms with van der Waals surface area (Å²) < 4.78 is 7.54. The molecule has 7 nitrogen and oxygen atoms in total. The van der Waals surface area contributed by atoms with Crippen molar-refractivity contribution in [1.29, 1.82) is 0 Å². The molecule has 1 unspecified atom stereocenters. The minimum atomic E-state index is -0.456. The molecule has 1 saturated heterocycles. The molecule has 1 fully saturated rings. The molecule has 4 heterocycles. The molecule has 0 aromatic carbocycles. The second kappa shape index (κ2) is 4.63. The van der Waals surface area contributed by atoms with Gasteiger partial charge < -0.3 is 20.5 Å². The molecule has 0 bridgehead atoms. The molecule has 1 aromatic heterocycles. The molecule has 3 aliphatic rings. The molecule has 21 heavy (non-hydrogen) atoms. The fourth-order valence-electron chi connectivity index (χ4n) is 3.27. The highest BCUT2D eigenvalue weighted by atomic mass is 16.5. The van der Waals surface area contributed by atoms with Crippen LogP contribution in [0.2, 0.25) is 0 Å². The van der Waals surface area contributed by atoms with Crippen molar-refractivity contribution in [3.63, 3.8) is 0 Å². The Balaban J connectivity index is 1.82. The number of primary amides is 1. The molecule has 110 valence electrons. The first-order valence-electron chi connectivity index (χ1n) is 7.19. The quantitative estimate of drug-likeness (QED) is 0.725. The molecular formula is C14H17N5O2. The van der Waals surface area contributed by atoms with E-state index in [0.29, 0.717) is 5.69 Å². The molecule has 0 aliphatic carbocycles. The summed E-state index contributed by atoms with van der Waals surface area (Å²) in [5.41, 5.74) is 15.0. The van der Waals surface area contributed by atoms with E-state index >= 15 is 0 Å². The maximum atomic E-state index is 11.7. The molecule has 1 amide bonds. The lowest BCUT2D eigenvalue weighted by Crippen LogP contribution is -2.20. The number of carbonyl (C=O) groups is 1. The largest absolute Gasteiger partial charge is 0.470 e. The van der Waals surface area contributed by atoms with E-state index in [4.69, 9.17) is 10.5 Å². The van der Waals surface area contributed by atoms with E-state index < -0.39 is 5.91 Å². The van der Waals surface area contributed by atoms with Crippen LogP contribution >= 0.6 is 0 Å². The van der Waals surface area contributed by atoms with Crippen molar-refractivity contribution in [3.8, 4) is 0 Å². The summed E-state index contributed by atoms with van der Waals surface area (Å²) in [7, 11) is 0. The second-order valence-electron chi connectivity index (χ2n) is 5.54. The number of nitrogens with two attached hydrogens (primary N) is 1. The normalized spacial score (nSPS) is 23.3. The SMILES string of the molecule is NC(=O)c1nc(C2=COC=C3NNCC32)n2c1CCCC2. The first kappa shape index (κ1) is 12.5. The highest BCUT2D eigenvalue weighted by molar-refractivity contribution is 5.92. The van der Waals surface area contributed by atoms with Gasteiger partial charge in [-0.2, -0.15) is 0 Å². The topological polar surface area (TPSA) is 94.2 Å². The van der Waals surface area contributed by atoms with Gasteiger partial charge in [-0.15, -0.1) is 0 Å². The van der Waals surface area contributed by atoms with Gasteiger partial charge in [-0.25, -0.2) is 10.4 Å². The average Bonchev–Trinajstić information content (AvgIpc) is 3.11. The second-order valence-corrected chi connectivity index (χ2v) is 5.54. The highest BCUT2D eigenvalue weighted by Crippen LogP contribution is 2.34. The number of carbonyl (C=O) groups excluding carboxylic acids is 1. The van der Waals surface area contributed by atoms with Gasteiger partial charge >= 0.3 is 0 Å². The van der Waals surface area contributed by atoms with Crippen LogP contribution in [0.3, 0.4) is 0 Å². The number of nitrogens with zero attached hydrogens (tertiary/aromatic N) is 2. The smallest absolute Gasteiger partial charge is 0.269 e. The summed E-state index contributed by atoms with van der Waals surface area (Å²) in [4.78, 5) is 16.2. The lowest BCUT2D eigenvalue weighted by atomic mass is 9.96. The van der Waals surface area contributed by atoms with E-state index in [2.05, 4.69) is 20.4 Å². The fraction of sp³-hybridized carbons (Fsp3) is 0.429. The zero-order valence-electron chi connectivity index (χ0n) is 11.6. The summed E-state index contributed by atoms with van der Waals surface area (Å²) in [5, 5.41) is 0. The third-order valence-corrected chi connectivity index (χ3v) is 4.29. The zero-order valence-corrected chi connectivity index (χ0v) is 11.6. The van der Waals surface area contributed by atoms with Gasteiger partial charge in [0.05, 0.1) is 17.7 Å². The van der Waals surface area contributed by atoms with Crippen LogP contribution in [0.25, 0.3) is 5.57 Å². The summed E-state index contributed by atoms with van der Waals surface area (Å²) in [5.74, 6) is 0.523. The number of hydrazine groups is 1. The molecule has 4 rings (SSSR count). The summed E-state index contributed by atoms with van der Waals surface area (Å²) >= 11 is 0. The number of fused-ring (bicyclic) bond motifs is 2. The number of amides is 1. The van der Waals surface area contributed by atoms with Crippen molar-refractivity contribution in [2.24, 2.45) is 11.7 Å². The highest BCUT2D eigenvalue weighted by Gasteiger charge is 2.33. The average molecular weight is 287 g/mol. The Hall–Kier alpha value is -2.28. The standard InChI is InChI=1S/C14H17N5O2/c15-13(20)12-11-3-1-2-4-19(11)14(17-12)9-6-21-7-10-8(9)5-16-18-10/h6-8,16,18H,1-5H2,(H2,15,20). The van der Waals surface area contributed by atoms with E-state index in [9.17, 15) is 4.79 Å². The van der Waals surface area contributed by atoms with Gasteiger partial charge in [0.2, 0.25) is 0 Å². The van der Waals surface area contributed by atoms with Crippen molar-refractivity contribution < 1.29 is 9.53 Å². The van der Waals surface area contributed by atoms with Crippen molar-refractivity contribution in [2.45, 2.75) is 25.8 Å². The maximum absolute atomic E-state index is 11.7. The molecule has 1 aromatic rings. The first-order valence-corrected chi connectivity index (χ1v) is 7.19. The van der Waals surface area contributed by atoms with Crippen LogP contribution in [0, 0.1) is 5.92 Å². The van der Waals surface area contributed by atoms with Gasteiger partial charge in [0.1, 0.15) is 17.8 Å². The van der Waals surface area contributed by atoms with Gasteiger partial charge in [-0.3, -0.25) is 4.79 Å². The molecule has 0 radical (unpaired) electrons. The third kappa shape index (κ3) is 1.84. The zero-order chi connectivity index (χ0) is 14.4. The van der Waals surface area contributed by atoms with Gasteiger partial charge in [0.25, 0.3) is 5.91 Å². The van der Waals surface area contributed by atoms with Gasteiger partial charge in [0, 0.05) is 24.6 Å². The molecule has 1 atom stereocenters. The predicted molar refractivity (Wildman–Crippen MR) is 75.5 cm³/mol. The van der Waals surface area contributed by atoms with Gasteiger partial charge in [0.15, 0.2) is 0 Å². The summed E-state index contributed by atoms with van der Waals surface area (Å²) in [6.07, 6.45) is 6.43. The number of rotatable bonds is 2. The molecule has 4 N–H and O–H groups in total. The Morgan fingerprint density at radius 2 is 2.33 bits per heavy atom. The summed E-state index contributed by atoms with van der Waals surface area (Å²) in [6.45, 7) is 1.64. The van der Waals surface area contributed by atoms with Gasteiger partial charge in [-0.05, 0) is 19.3 Å². The Morgan fingerprint density at radius 3 is 3.19 bits per heavy atom. The van der Waals surface area contributed by atoms with Gasteiger partial charge in [-0.1, -0.05) is 0 Å². The van der Waals surface area contributed by atoms with Crippen LogP contribution in [-0.2, 0) is 17.7 Å². The molecular weight excluding hydrogens is 270 g/mol. The molecule has 3 aliphatic heterocycles. The van der Waals surface area contributed by atoms with E-state index in [0.717, 1.165) is 55.1 Å². The first-order chi connectivity index (χ1) is 10.3. The van der Waals surface area contributed by atoms with E-state index in [1.165, 1.54) is 0 Å². The van der Waals surface area contributed by atoms with E-state index in [1.54, 1.807) is 12.5 Å². The van der Waals surface area contributed by atoms with Crippen molar-refractivity contribution >= 4 is 11.5 Å². The maximum Gasteiger partial charge on any atom is 0.269 e. The van der Waals surface area contributed by atoms with Crippen molar-refractivity contribution in [3.05, 3.63) is 35.4 Å². The Morgan fingerprint density at radius 1 is 1.43 bits per heavy atom. The minimum Gasteiger partial charge on any atom is -0.470 e. The molecule has 0 saturated carbocycles. The predicted octanol–water partition coefficient (Wildman–Crippen LogP) is 0.255. The van der Waals surface area contributed by atoms with E-state index in [-0.39, 0.29) is 5.92 Å². The molecule has 7 heteroatoms. The minimum absolute atomic E-state index is 0.174. The number of nitrogens with one attached hydrogen (secondary N) is 2. The third-order valence-electron chi connectivity index (χ3n) is 4.29. The monoisotopic (exact) mass is 287 g/mol. The molecule has 0 spiro atoms. The van der Waals surface area contributed by atoms with Crippen LogP contribution in [0.1, 0.15) is 34.8 Å². The Labute approximate surface area is 121 Å². The summed E-state index contributed by atoms with van der Waals surface area (Å²) in [6, 6.07) is 0. The number of hydrogen-bond acceptors (Lipinski definition) is 5. The number of imidazole rings is 1. The fourth-order valence-corrected chi connectivity index (χ4v) is 3.27. The van der Waals surface area contributed by atoms with Crippen LogP contribution in [0.4, 0.5) is 0 Å². The van der Waals surface area contributed by atoms with Crippen LogP contribution in [-0.4, -0.2) is 22.0 Å². The van der Waals surface area contributed by atoms with Crippen LogP contribution in [0.5, 0.6) is 0 Å². The number of aromatic nitrogens is 2. The van der Waals surface area contributed by atoms with Crippen molar-refractivity contribution in [2.75, 3.05) is 6.54 Å². The van der Waals surface area contributed by atoms with Crippen molar-refractivity contribution in [1.82, 2.24) is 20.4 Å². The number of ether oxygens (including phenoxy) is 1. The van der Waals surface area contributed by atoms with E-state index in [1.807, 2.05) is 0 Å². The van der Waals surface area contributed by atoms with Crippen LogP contribution < -0.4 is 16.6 Å². The lowest BCUT2D eigenvalue weighted by molar-refractivity contribution is 0.0994. The van der Waals surface area contributed by atoms with Crippen LogP contribution in [0.15, 0.2) is 18.2 Å².